The Morgan fingerprint density at radius 3 is 2.27 bits per heavy atom. The fourth-order valence-corrected chi connectivity index (χ4v) is 2.33. The van der Waals surface area contributed by atoms with Crippen LogP contribution in [0.1, 0.15) is 19.4 Å². The average molecular weight is 307 g/mol. The molecule has 7 nitrogen and oxygen atoms in total. The molecule has 0 aliphatic carbocycles. The molecule has 0 radical (unpaired) electrons. The zero-order valence-electron chi connectivity index (χ0n) is 12.3. The van der Waals surface area contributed by atoms with E-state index in [1.54, 1.807) is 24.3 Å². The van der Waals surface area contributed by atoms with Gasteiger partial charge in [0.15, 0.2) is 12.3 Å². The average Bonchev–Trinajstić information content (AvgIpc) is 2.65. The Hall–Kier alpha value is -2.41. The summed E-state index contributed by atoms with van der Waals surface area (Å²) >= 11 is 0. The lowest BCUT2D eigenvalue weighted by atomic mass is 10.2. The monoisotopic (exact) mass is 307 g/mol. The SMILES string of the molecule is CC(=O)OC1C(=O)N(Cc2ccccc2)C(O)C1OC(C)=O. The van der Waals surface area contributed by atoms with Crippen LogP contribution in [0.2, 0.25) is 0 Å². The highest BCUT2D eigenvalue weighted by Gasteiger charge is 2.51. The summed E-state index contributed by atoms with van der Waals surface area (Å²) in [4.78, 5) is 35.7. The van der Waals surface area contributed by atoms with Crippen molar-refractivity contribution in [1.29, 1.82) is 0 Å². The number of ether oxygens (including phenoxy) is 2. The van der Waals surface area contributed by atoms with Crippen molar-refractivity contribution in [2.45, 2.75) is 38.8 Å². The quantitative estimate of drug-likeness (QED) is 0.799. The van der Waals surface area contributed by atoms with Crippen LogP contribution >= 0.6 is 0 Å². The molecule has 1 fully saturated rings. The minimum absolute atomic E-state index is 0.121. The number of hydrogen-bond donors (Lipinski definition) is 1. The van der Waals surface area contributed by atoms with Crippen LogP contribution < -0.4 is 0 Å². The number of likely N-dealkylation sites (tertiary alicyclic amines) is 1. The van der Waals surface area contributed by atoms with Crippen molar-refractivity contribution in [3.8, 4) is 0 Å². The Balaban J connectivity index is 2.22. The molecule has 1 heterocycles. The molecule has 0 saturated carbocycles. The van der Waals surface area contributed by atoms with Crippen LogP contribution in [0, 0.1) is 0 Å². The first-order chi connectivity index (χ1) is 10.4. The smallest absolute Gasteiger partial charge is 0.303 e. The summed E-state index contributed by atoms with van der Waals surface area (Å²) in [7, 11) is 0. The standard InChI is InChI=1S/C15H17NO6/c1-9(17)21-12-13(22-10(2)18)15(20)16(14(12)19)8-11-6-4-3-5-7-11/h3-7,12-14,19H,8H2,1-2H3. The zero-order valence-corrected chi connectivity index (χ0v) is 12.3. The van der Waals surface area contributed by atoms with E-state index in [1.807, 2.05) is 6.07 Å². The van der Waals surface area contributed by atoms with E-state index in [1.165, 1.54) is 0 Å². The van der Waals surface area contributed by atoms with Gasteiger partial charge in [0.1, 0.15) is 0 Å². The van der Waals surface area contributed by atoms with Gasteiger partial charge in [-0.1, -0.05) is 30.3 Å². The second kappa shape index (κ2) is 6.57. The molecule has 3 unspecified atom stereocenters. The van der Waals surface area contributed by atoms with Crippen molar-refractivity contribution in [2.75, 3.05) is 0 Å². The third-order valence-corrected chi connectivity index (χ3v) is 3.23. The molecule has 1 aromatic carbocycles. The topological polar surface area (TPSA) is 93.1 Å². The van der Waals surface area contributed by atoms with Crippen LogP contribution in [-0.2, 0) is 30.4 Å². The number of carbonyl (C=O) groups excluding carboxylic acids is 3. The highest BCUT2D eigenvalue weighted by molar-refractivity contribution is 5.87. The molecule has 2 rings (SSSR count). The van der Waals surface area contributed by atoms with Crippen LogP contribution in [0.25, 0.3) is 0 Å². The maximum absolute atomic E-state index is 12.3. The molecular weight excluding hydrogens is 290 g/mol. The summed E-state index contributed by atoms with van der Waals surface area (Å²) in [5.41, 5.74) is 0.792. The van der Waals surface area contributed by atoms with E-state index < -0.39 is 36.3 Å². The molecule has 1 saturated heterocycles. The van der Waals surface area contributed by atoms with Gasteiger partial charge < -0.3 is 19.5 Å². The van der Waals surface area contributed by atoms with Gasteiger partial charge in [0.05, 0.1) is 0 Å². The van der Waals surface area contributed by atoms with Crippen molar-refractivity contribution in [2.24, 2.45) is 0 Å². The van der Waals surface area contributed by atoms with Gasteiger partial charge in [-0.15, -0.1) is 0 Å². The number of aliphatic hydroxyl groups is 1. The van der Waals surface area contributed by atoms with Crippen LogP contribution in [0.4, 0.5) is 0 Å². The Bertz CT molecular complexity index is 573. The van der Waals surface area contributed by atoms with E-state index in [0.29, 0.717) is 0 Å². The van der Waals surface area contributed by atoms with E-state index in [9.17, 15) is 19.5 Å². The maximum atomic E-state index is 12.3. The second-order valence-electron chi connectivity index (χ2n) is 4.97. The van der Waals surface area contributed by atoms with Crippen molar-refractivity contribution in [3.63, 3.8) is 0 Å². The van der Waals surface area contributed by atoms with Crippen LogP contribution in [0.5, 0.6) is 0 Å². The molecule has 1 aromatic rings. The second-order valence-corrected chi connectivity index (χ2v) is 4.97. The van der Waals surface area contributed by atoms with Gasteiger partial charge in [-0.3, -0.25) is 14.4 Å². The minimum Gasteiger partial charge on any atom is -0.453 e. The van der Waals surface area contributed by atoms with E-state index in [2.05, 4.69) is 0 Å². The molecule has 7 heteroatoms. The van der Waals surface area contributed by atoms with E-state index in [0.717, 1.165) is 24.3 Å². The van der Waals surface area contributed by atoms with Crippen molar-refractivity contribution in [1.82, 2.24) is 4.90 Å². The zero-order chi connectivity index (χ0) is 16.3. The van der Waals surface area contributed by atoms with Crippen molar-refractivity contribution in [3.05, 3.63) is 35.9 Å². The third-order valence-electron chi connectivity index (χ3n) is 3.23. The Labute approximate surface area is 127 Å². The van der Waals surface area contributed by atoms with Crippen LogP contribution in [0.3, 0.4) is 0 Å². The number of aliphatic hydroxyl groups excluding tert-OH is 1. The van der Waals surface area contributed by atoms with E-state index in [-0.39, 0.29) is 6.54 Å². The van der Waals surface area contributed by atoms with Crippen molar-refractivity contribution < 1.29 is 29.0 Å². The minimum atomic E-state index is -1.37. The Morgan fingerprint density at radius 1 is 1.14 bits per heavy atom. The molecule has 0 spiro atoms. The van der Waals surface area contributed by atoms with Gasteiger partial charge in [-0.2, -0.15) is 0 Å². The largest absolute Gasteiger partial charge is 0.453 e. The third kappa shape index (κ3) is 3.43. The summed E-state index contributed by atoms with van der Waals surface area (Å²) in [6.07, 6.45) is -3.95. The summed E-state index contributed by atoms with van der Waals surface area (Å²) in [5.74, 6) is -1.96. The van der Waals surface area contributed by atoms with Gasteiger partial charge in [0.25, 0.3) is 5.91 Å². The van der Waals surface area contributed by atoms with E-state index in [4.69, 9.17) is 9.47 Å². The Morgan fingerprint density at radius 2 is 1.73 bits per heavy atom. The molecular formula is C15H17NO6. The summed E-state index contributed by atoms with van der Waals surface area (Å²) in [6.45, 7) is 2.42. The fraction of sp³-hybridized carbons (Fsp3) is 0.400. The van der Waals surface area contributed by atoms with Gasteiger partial charge in [-0.05, 0) is 5.56 Å². The van der Waals surface area contributed by atoms with Crippen LogP contribution in [0.15, 0.2) is 30.3 Å². The molecule has 3 atom stereocenters. The summed E-state index contributed by atoms with van der Waals surface area (Å²) in [6, 6.07) is 9.01. The number of nitrogens with zero attached hydrogens (tertiary/aromatic N) is 1. The molecule has 0 bridgehead atoms. The van der Waals surface area contributed by atoms with Crippen molar-refractivity contribution >= 4 is 17.8 Å². The highest BCUT2D eigenvalue weighted by atomic mass is 16.6. The number of rotatable bonds is 4. The molecule has 0 aromatic heterocycles. The number of carbonyl (C=O) groups is 3. The van der Waals surface area contributed by atoms with Gasteiger partial charge in [0.2, 0.25) is 6.10 Å². The number of hydrogen-bond acceptors (Lipinski definition) is 6. The lowest BCUT2D eigenvalue weighted by molar-refractivity contribution is -0.170. The first-order valence-electron chi connectivity index (χ1n) is 6.77. The molecule has 1 N–H and O–H groups in total. The first kappa shape index (κ1) is 16.0. The maximum Gasteiger partial charge on any atom is 0.303 e. The lowest BCUT2D eigenvalue weighted by Gasteiger charge is -2.22. The molecule has 118 valence electrons. The van der Waals surface area contributed by atoms with Gasteiger partial charge in [0, 0.05) is 20.4 Å². The predicted molar refractivity (Wildman–Crippen MR) is 74.1 cm³/mol. The lowest BCUT2D eigenvalue weighted by Crippen LogP contribution is -2.39. The first-order valence-corrected chi connectivity index (χ1v) is 6.77. The predicted octanol–water partition coefficient (Wildman–Crippen LogP) is 0.211. The number of esters is 2. The number of amides is 1. The normalized spacial score (nSPS) is 24.2. The number of benzene rings is 1. The summed E-state index contributed by atoms with van der Waals surface area (Å²) in [5, 5.41) is 10.2. The molecule has 1 aliphatic rings. The van der Waals surface area contributed by atoms with Gasteiger partial charge in [-0.25, -0.2) is 0 Å². The molecule has 22 heavy (non-hydrogen) atoms. The summed E-state index contributed by atoms with van der Waals surface area (Å²) < 4.78 is 9.85. The van der Waals surface area contributed by atoms with E-state index >= 15 is 0 Å². The van der Waals surface area contributed by atoms with Gasteiger partial charge >= 0.3 is 11.9 Å². The molecule has 1 aliphatic heterocycles. The Kier molecular flexibility index (Phi) is 4.77. The van der Waals surface area contributed by atoms with Crippen LogP contribution in [-0.4, -0.2) is 46.3 Å². The fourth-order valence-electron chi connectivity index (χ4n) is 2.33. The molecule has 1 amide bonds. The highest BCUT2D eigenvalue weighted by Crippen LogP contribution is 2.26.